The average molecular weight is 275 g/mol. The molecule has 0 bridgehead atoms. The van der Waals surface area contributed by atoms with Crippen molar-refractivity contribution in [2.75, 3.05) is 6.61 Å². The van der Waals surface area contributed by atoms with Crippen molar-refractivity contribution in [2.45, 2.75) is 13.8 Å². The molecule has 0 aliphatic heterocycles. The smallest absolute Gasteiger partial charge is 0.312 e. The van der Waals surface area contributed by atoms with Crippen LogP contribution in [-0.4, -0.2) is 22.6 Å². The summed E-state index contributed by atoms with van der Waals surface area (Å²) >= 11 is 0. The molecule has 0 radical (unpaired) electrons. The summed E-state index contributed by atoms with van der Waals surface area (Å²) in [6.45, 7) is 2.28. The molecule has 0 aliphatic rings. The number of benzene rings is 1. The number of nitro benzene ring substituents is 1. The van der Waals surface area contributed by atoms with E-state index >= 15 is 0 Å². The summed E-state index contributed by atoms with van der Waals surface area (Å²) in [6.07, 6.45) is 0. The van der Waals surface area contributed by atoms with Crippen molar-refractivity contribution in [3.05, 3.63) is 33.9 Å². The molecule has 1 rings (SSSR count). The molecule has 0 fully saturated rings. The van der Waals surface area contributed by atoms with E-state index in [0.717, 1.165) is 0 Å². The van der Waals surface area contributed by atoms with Gasteiger partial charge in [0.15, 0.2) is 11.6 Å². The van der Waals surface area contributed by atoms with Crippen molar-refractivity contribution in [2.24, 2.45) is 5.41 Å². The molecule has 1 aromatic rings. The van der Waals surface area contributed by atoms with Crippen molar-refractivity contribution in [1.29, 1.82) is 0 Å². The van der Waals surface area contributed by atoms with Crippen LogP contribution in [0.25, 0.3) is 0 Å². The average Bonchev–Trinajstić information content (AvgIpc) is 2.29. The molecule has 0 unspecified atom stereocenters. The molecule has 1 N–H and O–H groups in total. The van der Waals surface area contributed by atoms with Gasteiger partial charge in [0.25, 0.3) is 0 Å². The van der Waals surface area contributed by atoms with E-state index in [2.05, 4.69) is 0 Å². The molecule has 1 aromatic carbocycles. The Balaban J connectivity index is 2.95. The van der Waals surface area contributed by atoms with Crippen LogP contribution in [0.1, 0.15) is 13.8 Å². The fourth-order valence-electron chi connectivity index (χ4n) is 1.09. The van der Waals surface area contributed by atoms with Gasteiger partial charge in [-0.25, -0.2) is 4.39 Å². The maximum absolute atomic E-state index is 13.4. The van der Waals surface area contributed by atoms with Crippen molar-refractivity contribution in [1.82, 2.24) is 0 Å². The first-order valence-electron chi connectivity index (χ1n) is 5.15. The van der Waals surface area contributed by atoms with Crippen LogP contribution < -0.4 is 4.74 Å². The molecule has 0 spiro atoms. The zero-order valence-corrected chi connectivity index (χ0v) is 10.1. The number of ether oxygens (including phenoxy) is 1. The summed E-state index contributed by atoms with van der Waals surface area (Å²) in [7, 11) is 0. The Kier molecular flexibility index (Phi) is 4.03. The third kappa shape index (κ3) is 3.36. The molecule has 0 aromatic heterocycles. The second-order valence-electron chi connectivity index (χ2n) is 4.47. The first kappa shape index (κ1) is 14.8. The van der Waals surface area contributed by atoms with Crippen LogP contribution in [0.3, 0.4) is 0 Å². The molecule has 0 saturated carbocycles. The Bertz CT molecular complexity index is 530. The van der Waals surface area contributed by atoms with Gasteiger partial charge >= 0.3 is 11.7 Å². The normalized spacial score (nSPS) is 11.2. The van der Waals surface area contributed by atoms with Crippen LogP contribution >= 0.6 is 0 Å². The minimum Gasteiger partial charge on any atom is -0.489 e. The van der Waals surface area contributed by atoms with Crippen LogP contribution in [0.5, 0.6) is 5.75 Å². The number of nitro groups is 1. The Hall–Kier alpha value is -2.25. The van der Waals surface area contributed by atoms with E-state index in [1.54, 1.807) is 0 Å². The SMILES string of the molecule is CC(C)(COc1cc(F)c([N+](=O)[O-])cc1F)C(=O)O. The van der Waals surface area contributed by atoms with Gasteiger partial charge in [-0.15, -0.1) is 0 Å². The van der Waals surface area contributed by atoms with Crippen LogP contribution in [0.15, 0.2) is 12.1 Å². The first-order valence-corrected chi connectivity index (χ1v) is 5.15. The Morgan fingerprint density at radius 1 is 1.42 bits per heavy atom. The summed E-state index contributed by atoms with van der Waals surface area (Å²) in [6, 6.07) is 0.907. The second kappa shape index (κ2) is 5.17. The maximum atomic E-state index is 13.4. The monoisotopic (exact) mass is 275 g/mol. The number of carbonyl (C=O) groups is 1. The molecule has 0 amide bonds. The molecule has 0 saturated heterocycles. The fourth-order valence-corrected chi connectivity index (χ4v) is 1.09. The van der Waals surface area contributed by atoms with Crippen molar-refractivity contribution < 1.29 is 28.3 Å². The number of carboxylic acid groups (broad SMARTS) is 1. The lowest BCUT2D eigenvalue weighted by Crippen LogP contribution is -2.30. The topological polar surface area (TPSA) is 89.7 Å². The van der Waals surface area contributed by atoms with Crippen molar-refractivity contribution >= 4 is 11.7 Å². The van der Waals surface area contributed by atoms with E-state index in [9.17, 15) is 23.7 Å². The van der Waals surface area contributed by atoms with Gasteiger partial charge in [-0.2, -0.15) is 4.39 Å². The predicted octanol–water partition coefficient (Wildman–Crippen LogP) is 2.36. The zero-order chi connectivity index (χ0) is 14.8. The van der Waals surface area contributed by atoms with Crippen LogP contribution in [0.4, 0.5) is 14.5 Å². The van der Waals surface area contributed by atoms with E-state index in [1.165, 1.54) is 13.8 Å². The summed E-state index contributed by atoms with van der Waals surface area (Å²) < 4.78 is 31.5. The number of rotatable bonds is 5. The van der Waals surface area contributed by atoms with Gasteiger partial charge in [-0.05, 0) is 13.8 Å². The quantitative estimate of drug-likeness (QED) is 0.658. The van der Waals surface area contributed by atoms with E-state index in [4.69, 9.17) is 9.84 Å². The number of hydrogen-bond donors (Lipinski definition) is 1. The molecule has 104 valence electrons. The molecular weight excluding hydrogens is 264 g/mol. The van der Waals surface area contributed by atoms with E-state index < -0.39 is 46.0 Å². The van der Waals surface area contributed by atoms with Crippen LogP contribution in [0.2, 0.25) is 0 Å². The minimum absolute atomic E-state index is 0.387. The van der Waals surface area contributed by atoms with Gasteiger partial charge in [-0.3, -0.25) is 14.9 Å². The lowest BCUT2D eigenvalue weighted by atomic mass is 9.95. The Labute approximate surface area is 106 Å². The highest BCUT2D eigenvalue weighted by Gasteiger charge is 2.29. The third-order valence-corrected chi connectivity index (χ3v) is 2.37. The molecule has 0 aliphatic carbocycles. The molecule has 6 nitrogen and oxygen atoms in total. The fraction of sp³-hybridized carbons (Fsp3) is 0.364. The lowest BCUT2D eigenvalue weighted by molar-refractivity contribution is -0.387. The summed E-state index contributed by atoms with van der Waals surface area (Å²) in [5, 5.41) is 19.2. The van der Waals surface area contributed by atoms with Gasteiger partial charge in [-0.1, -0.05) is 0 Å². The van der Waals surface area contributed by atoms with E-state index in [0.29, 0.717) is 12.1 Å². The van der Waals surface area contributed by atoms with Gasteiger partial charge in [0.2, 0.25) is 5.82 Å². The number of hydrogen-bond acceptors (Lipinski definition) is 4. The zero-order valence-electron chi connectivity index (χ0n) is 10.1. The first-order chi connectivity index (χ1) is 8.65. The van der Waals surface area contributed by atoms with E-state index in [-0.39, 0.29) is 0 Å². The number of aliphatic carboxylic acids is 1. The van der Waals surface area contributed by atoms with E-state index in [1.807, 2.05) is 0 Å². The predicted molar refractivity (Wildman–Crippen MR) is 59.9 cm³/mol. The Morgan fingerprint density at radius 2 is 2.00 bits per heavy atom. The molecule has 0 atom stereocenters. The third-order valence-electron chi connectivity index (χ3n) is 2.37. The highest BCUT2D eigenvalue weighted by atomic mass is 19.1. The standard InChI is InChI=1S/C11H11F2NO5/c1-11(2,10(15)16)5-19-9-4-6(12)8(14(17)18)3-7(9)13/h3-4H,5H2,1-2H3,(H,15,16). The van der Waals surface area contributed by atoms with Crippen LogP contribution in [0, 0.1) is 27.2 Å². The lowest BCUT2D eigenvalue weighted by Gasteiger charge is -2.19. The highest BCUT2D eigenvalue weighted by Crippen LogP contribution is 2.27. The second-order valence-corrected chi connectivity index (χ2v) is 4.47. The van der Waals surface area contributed by atoms with Gasteiger partial charge in [0, 0.05) is 6.07 Å². The van der Waals surface area contributed by atoms with Crippen LogP contribution in [-0.2, 0) is 4.79 Å². The number of carboxylic acids is 1. The maximum Gasteiger partial charge on any atom is 0.312 e. The summed E-state index contributed by atoms with van der Waals surface area (Å²) in [5.41, 5.74) is -2.31. The summed E-state index contributed by atoms with van der Waals surface area (Å²) in [4.78, 5) is 20.1. The van der Waals surface area contributed by atoms with Gasteiger partial charge in [0.1, 0.15) is 6.61 Å². The number of nitrogens with zero attached hydrogens (tertiary/aromatic N) is 1. The highest BCUT2D eigenvalue weighted by molar-refractivity contribution is 5.73. The van der Waals surface area contributed by atoms with Crippen molar-refractivity contribution in [3.63, 3.8) is 0 Å². The Morgan fingerprint density at radius 3 is 2.47 bits per heavy atom. The van der Waals surface area contributed by atoms with Gasteiger partial charge < -0.3 is 9.84 Å². The minimum atomic E-state index is -1.30. The molecule has 19 heavy (non-hydrogen) atoms. The molecule has 8 heteroatoms. The molecular formula is C11H11F2NO5. The van der Waals surface area contributed by atoms with Gasteiger partial charge in [0.05, 0.1) is 16.4 Å². The van der Waals surface area contributed by atoms with Crippen molar-refractivity contribution in [3.8, 4) is 5.75 Å². The number of halogens is 2. The largest absolute Gasteiger partial charge is 0.489 e. The molecule has 0 heterocycles. The summed E-state index contributed by atoms with van der Waals surface area (Å²) in [5.74, 6) is -4.13.